The number of carbonyl (C=O) groups excluding carboxylic acids is 1. The highest BCUT2D eigenvalue weighted by molar-refractivity contribution is 6.17. The number of hydrogen-bond acceptors (Lipinski definition) is 3. The zero-order chi connectivity index (χ0) is 12.7. The van der Waals surface area contributed by atoms with Gasteiger partial charge in [0.05, 0.1) is 4.92 Å². The molecular formula is C11H13ClN2O3. The van der Waals surface area contributed by atoms with Gasteiger partial charge in [0, 0.05) is 30.1 Å². The molecule has 0 radical (unpaired) electrons. The van der Waals surface area contributed by atoms with Crippen LogP contribution in [0.15, 0.2) is 24.3 Å². The zero-order valence-electron chi connectivity index (χ0n) is 9.19. The molecule has 1 N–H and O–H groups in total. The Balaban J connectivity index is 2.56. The average molecular weight is 257 g/mol. The molecule has 0 aliphatic carbocycles. The predicted molar refractivity (Wildman–Crippen MR) is 65.4 cm³/mol. The van der Waals surface area contributed by atoms with Crippen molar-refractivity contribution >= 4 is 23.2 Å². The van der Waals surface area contributed by atoms with Crippen LogP contribution in [0.25, 0.3) is 0 Å². The van der Waals surface area contributed by atoms with Gasteiger partial charge in [0.25, 0.3) is 11.6 Å². The minimum Gasteiger partial charge on any atom is -0.352 e. The maximum absolute atomic E-state index is 11.6. The maximum atomic E-state index is 11.6. The molecule has 17 heavy (non-hydrogen) atoms. The summed E-state index contributed by atoms with van der Waals surface area (Å²) in [6.07, 6.45) is 1.63. The molecular weight excluding hydrogens is 244 g/mol. The molecule has 0 unspecified atom stereocenters. The third-order valence-corrected chi connectivity index (χ3v) is 2.43. The molecule has 0 saturated carbocycles. The van der Waals surface area contributed by atoms with Gasteiger partial charge in [-0.3, -0.25) is 14.9 Å². The first kappa shape index (κ1) is 13.4. The Morgan fingerprint density at radius 3 is 2.82 bits per heavy atom. The standard InChI is InChI=1S/C11H13ClN2O3/c12-6-1-2-7-13-11(15)9-4-3-5-10(8-9)14(16)17/h3-5,8H,1-2,6-7H2,(H,13,15). The third-order valence-electron chi connectivity index (χ3n) is 2.17. The van der Waals surface area contributed by atoms with Crippen molar-refractivity contribution in [1.29, 1.82) is 0 Å². The number of nitro benzene ring substituents is 1. The number of amides is 1. The molecule has 0 atom stereocenters. The number of unbranched alkanes of at least 4 members (excludes halogenated alkanes) is 1. The summed E-state index contributed by atoms with van der Waals surface area (Å²) < 4.78 is 0. The molecule has 0 fully saturated rings. The lowest BCUT2D eigenvalue weighted by Crippen LogP contribution is -2.24. The van der Waals surface area contributed by atoms with Gasteiger partial charge in [-0.15, -0.1) is 11.6 Å². The molecule has 6 heteroatoms. The number of nitrogens with zero attached hydrogens (tertiary/aromatic N) is 1. The molecule has 5 nitrogen and oxygen atoms in total. The zero-order valence-corrected chi connectivity index (χ0v) is 9.94. The molecule has 0 bridgehead atoms. The van der Waals surface area contributed by atoms with Gasteiger partial charge in [0.15, 0.2) is 0 Å². The number of nitro groups is 1. The summed E-state index contributed by atoms with van der Waals surface area (Å²) in [4.78, 5) is 21.6. The maximum Gasteiger partial charge on any atom is 0.270 e. The van der Waals surface area contributed by atoms with Gasteiger partial charge in [-0.05, 0) is 18.9 Å². The van der Waals surface area contributed by atoms with Gasteiger partial charge in [0.2, 0.25) is 0 Å². The molecule has 1 aromatic carbocycles. The second-order valence-electron chi connectivity index (χ2n) is 3.46. The molecule has 0 aliphatic rings. The van der Waals surface area contributed by atoms with E-state index in [0.29, 0.717) is 18.0 Å². The Kier molecular flexibility index (Phi) is 5.42. The minimum atomic E-state index is -0.524. The predicted octanol–water partition coefficient (Wildman–Crippen LogP) is 2.34. The second kappa shape index (κ2) is 6.85. The third kappa shape index (κ3) is 4.40. The van der Waals surface area contributed by atoms with Crippen molar-refractivity contribution in [1.82, 2.24) is 5.32 Å². The van der Waals surface area contributed by atoms with Crippen molar-refractivity contribution in [3.8, 4) is 0 Å². The highest BCUT2D eigenvalue weighted by Gasteiger charge is 2.10. The van der Waals surface area contributed by atoms with Crippen molar-refractivity contribution in [3.63, 3.8) is 0 Å². The van der Waals surface area contributed by atoms with Gasteiger partial charge in [-0.1, -0.05) is 6.07 Å². The first-order chi connectivity index (χ1) is 8.15. The van der Waals surface area contributed by atoms with Crippen LogP contribution < -0.4 is 5.32 Å². The van der Waals surface area contributed by atoms with Gasteiger partial charge in [0.1, 0.15) is 0 Å². The number of rotatable bonds is 6. The molecule has 0 spiro atoms. The summed E-state index contributed by atoms with van der Waals surface area (Å²) in [5, 5.41) is 13.2. The van der Waals surface area contributed by atoms with Crippen LogP contribution in [0.1, 0.15) is 23.2 Å². The smallest absolute Gasteiger partial charge is 0.270 e. The number of non-ortho nitro benzene ring substituents is 1. The van der Waals surface area contributed by atoms with Gasteiger partial charge >= 0.3 is 0 Å². The normalized spacial score (nSPS) is 9.94. The van der Waals surface area contributed by atoms with E-state index in [1.54, 1.807) is 6.07 Å². The molecule has 0 aliphatic heterocycles. The fourth-order valence-electron chi connectivity index (χ4n) is 1.28. The van der Waals surface area contributed by atoms with Crippen LogP contribution in [-0.4, -0.2) is 23.3 Å². The fourth-order valence-corrected chi connectivity index (χ4v) is 1.47. The molecule has 1 amide bonds. The van der Waals surface area contributed by atoms with Crippen LogP contribution in [0, 0.1) is 10.1 Å². The van der Waals surface area contributed by atoms with Crippen LogP contribution in [0.2, 0.25) is 0 Å². The van der Waals surface area contributed by atoms with E-state index in [4.69, 9.17) is 11.6 Å². The van der Waals surface area contributed by atoms with Gasteiger partial charge < -0.3 is 5.32 Å². The summed E-state index contributed by atoms with van der Waals surface area (Å²) in [6.45, 7) is 0.522. The molecule has 1 aromatic rings. The summed E-state index contributed by atoms with van der Waals surface area (Å²) in [7, 11) is 0. The Morgan fingerprint density at radius 1 is 1.41 bits per heavy atom. The average Bonchev–Trinajstić information content (AvgIpc) is 2.34. The molecule has 0 saturated heterocycles. The number of benzene rings is 1. The van der Waals surface area contributed by atoms with E-state index in [0.717, 1.165) is 12.8 Å². The van der Waals surface area contributed by atoms with Gasteiger partial charge in [-0.2, -0.15) is 0 Å². The number of hydrogen-bond donors (Lipinski definition) is 1. The van der Waals surface area contributed by atoms with E-state index >= 15 is 0 Å². The largest absolute Gasteiger partial charge is 0.352 e. The van der Waals surface area contributed by atoms with E-state index in [9.17, 15) is 14.9 Å². The topological polar surface area (TPSA) is 72.2 Å². The molecule has 0 heterocycles. The highest BCUT2D eigenvalue weighted by atomic mass is 35.5. The highest BCUT2D eigenvalue weighted by Crippen LogP contribution is 2.12. The van der Waals surface area contributed by atoms with Crippen LogP contribution in [0.5, 0.6) is 0 Å². The molecule has 92 valence electrons. The fraction of sp³-hybridized carbons (Fsp3) is 0.364. The van der Waals surface area contributed by atoms with Crippen molar-refractivity contribution in [2.75, 3.05) is 12.4 Å². The van der Waals surface area contributed by atoms with E-state index < -0.39 is 4.92 Å². The van der Waals surface area contributed by atoms with E-state index in [1.165, 1.54) is 18.2 Å². The van der Waals surface area contributed by atoms with Crippen LogP contribution in [0.4, 0.5) is 5.69 Å². The molecule has 1 rings (SSSR count). The van der Waals surface area contributed by atoms with Crippen LogP contribution in [0.3, 0.4) is 0 Å². The van der Waals surface area contributed by atoms with E-state index in [2.05, 4.69) is 5.32 Å². The quantitative estimate of drug-likeness (QED) is 0.367. The number of alkyl halides is 1. The van der Waals surface area contributed by atoms with Crippen molar-refractivity contribution < 1.29 is 9.72 Å². The lowest BCUT2D eigenvalue weighted by molar-refractivity contribution is -0.384. The first-order valence-corrected chi connectivity index (χ1v) is 5.77. The van der Waals surface area contributed by atoms with Crippen LogP contribution >= 0.6 is 11.6 Å². The summed E-state index contributed by atoms with van der Waals surface area (Å²) in [6, 6.07) is 5.65. The second-order valence-corrected chi connectivity index (χ2v) is 3.84. The number of nitrogens with one attached hydrogen (secondary N) is 1. The summed E-state index contributed by atoms with van der Waals surface area (Å²) in [5.41, 5.74) is 0.212. The lowest BCUT2D eigenvalue weighted by Gasteiger charge is -2.04. The van der Waals surface area contributed by atoms with Crippen molar-refractivity contribution in [2.45, 2.75) is 12.8 Å². The van der Waals surface area contributed by atoms with E-state index in [1.807, 2.05) is 0 Å². The summed E-state index contributed by atoms with van der Waals surface area (Å²) >= 11 is 5.50. The van der Waals surface area contributed by atoms with E-state index in [-0.39, 0.29) is 11.6 Å². The number of carbonyl (C=O) groups is 1. The lowest BCUT2D eigenvalue weighted by atomic mass is 10.2. The van der Waals surface area contributed by atoms with Crippen LogP contribution in [-0.2, 0) is 0 Å². The van der Waals surface area contributed by atoms with Crippen molar-refractivity contribution in [3.05, 3.63) is 39.9 Å². The number of halogens is 1. The Hall–Kier alpha value is -1.62. The Bertz CT molecular complexity index is 409. The monoisotopic (exact) mass is 256 g/mol. The first-order valence-electron chi connectivity index (χ1n) is 5.24. The SMILES string of the molecule is O=C(NCCCCCl)c1cccc([N+](=O)[O-])c1. The van der Waals surface area contributed by atoms with Gasteiger partial charge in [-0.25, -0.2) is 0 Å². The van der Waals surface area contributed by atoms with Crippen molar-refractivity contribution in [2.24, 2.45) is 0 Å². The Labute approximate surface area is 104 Å². The summed E-state index contributed by atoms with van der Waals surface area (Å²) in [5.74, 6) is 0.260. The molecule has 0 aromatic heterocycles. The Morgan fingerprint density at radius 2 is 2.18 bits per heavy atom. The minimum absolute atomic E-state index is 0.0848.